The van der Waals surface area contributed by atoms with Gasteiger partial charge in [-0.15, -0.1) is 0 Å². The van der Waals surface area contributed by atoms with Gasteiger partial charge in [-0.05, 0) is 29.3 Å². The molecule has 0 spiro atoms. The Hall–Kier alpha value is -2.83. The summed E-state index contributed by atoms with van der Waals surface area (Å²) in [5.41, 5.74) is 0.461. The highest BCUT2D eigenvalue weighted by Gasteiger charge is 2.36. The Morgan fingerprint density at radius 2 is 1.88 bits per heavy atom. The van der Waals surface area contributed by atoms with Crippen LogP contribution in [0.3, 0.4) is 0 Å². The summed E-state index contributed by atoms with van der Waals surface area (Å²) in [6, 6.07) is 10.3. The zero-order valence-corrected chi connectivity index (χ0v) is 13.0. The van der Waals surface area contributed by atoms with Crippen molar-refractivity contribution in [3.63, 3.8) is 0 Å². The van der Waals surface area contributed by atoms with E-state index in [0.29, 0.717) is 5.56 Å². The van der Waals surface area contributed by atoms with Crippen LogP contribution in [0.25, 0.3) is 0 Å². The van der Waals surface area contributed by atoms with Gasteiger partial charge in [-0.25, -0.2) is 0 Å². The molecule has 1 heterocycles. The van der Waals surface area contributed by atoms with Crippen LogP contribution in [0.1, 0.15) is 39.5 Å². The molecule has 0 aliphatic carbocycles. The van der Waals surface area contributed by atoms with Gasteiger partial charge in [0.2, 0.25) is 0 Å². The monoisotopic (exact) mass is 349 g/mol. The zero-order chi connectivity index (χ0) is 18.2. The number of carbonyl (C=O) groups is 2. The van der Waals surface area contributed by atoms with E-state index in [2.05, 4.69) is 0 Å². The second-order valence-corrected chi connectivity index (χ2v) is 5.83. The van der Waals surface area contributed by atoms with E-state index in [9.17, 15) is 27.9 Å². The molecule has 2 aromatic rings. The lowest BCUT2D eigenvalue weighted by Crippen LogP contribution is -2.31. The molecule has 0 saturated carbocycles. The highest BCUT2D eigenvalue weighted by atomic mass is 19.4. The van der Waals surface area contributed by atoms with Gasteiger partial charge in [0.15, 0.2) is 0 Å². The van der Waals surface area contributed by atoms with E-state index in [0.717, 1.165) is 17.7 Å². The van der Waals surface area contributed by atoms with Crippen molar-refractivity contribution in [1.82, 2.24) is 4.90 Å². The molecule has 25 heavy (non-hydrogen) atoms. The maximum Gasteiger partial charge on any atom is 0.416 e. The second kappa shape index (κ2) is 6.23. The number of alkyl halides is 3. The lowest BCUT2D eigenvalue weighted by Gasteiger charge is -2.27. The first kappa shape index (κ1) is 17.0. The SMILES string of the molecule is O=C(O)CC(c1cccc(C(F)(F)F)c1)N1Cc2ccccc2C1=O. The van der Waals surface area contributed by atoms with Crippen LogP contribution in [0, 0.1) is 0 Å². The topological polar surface area (TPSA) is 57.6 Å². The Morgan fingerprint density at radius 1 is 1.16 bits per heavy atom. The van der Waals surface area contributed by atoms with Crippen molar-refractivity contribution in [2.75, 3.05) is 0 Å². The minimum Gasteiger partial charge on any atom is -0.481 e. The third-order valence-electron chi connectivity index (χ3n) is 4.19. The van der Waals surface area contributed by atoms with Crippen molar-refractivity contribution in [1.29, 1.82) is 0 Å². The zero-order valence-electron chi connectivity index (χ0n) is 13.0. The minimum atomic E-state index is -4.54. The van der Waals surface area contributed by atoms with E-state index in [1.165, 1.54) is 17.0 Å². The van der Waals surface area contributed by atoms with Gasteiger partial charge in [-0.3, -0.25) is 9.59 Å². The Balaban J connectivity index is 2.00. The van der Waals surface area contributed by atoms with Gasteiger partial charge in [0.1, 0.15) is 0 Å². The quantitative estimate of drug-likeness (QED) is 0.911. The fourth-order valence-electron chi connectivity index (χ4n) is 3.02. The summed E-state index contributed by atoms with van der Waals surface area (Å²) in [4.78, 5) is 25.1. The molecule has 130 valence electrons. The van der Waals surface area contributed by atoms with Crippen LogP contribution in [-0.4, -0.2) is 21.9 Å². The van der Waals surface area contributed by atoms with Crippen LogP contribution in [0.15, 0.2) is 48.5 Å². The van der Waals surface area contributed by atoms with Gasteiger partial charge in [-0.1, -0.05) is 30.3 Å². The Morgan fingerprint density at radius 3 is 2.52 bits per heavy atom. The van der Waals surface area contributed by atoms with Crippen LogP contribution in [0.4, 0.5) is 13.2 Å². The van der Waals surface area contributed by atoms with Crippen molar-refractivity contribution >= 4 is 11.9 Å². The molecule has 0 aromatic heterocycles. The fraction of sp³-hybridized carbons (Fsp3) is 0.222. The lowest BCUT2D eigenvalue weighted by atomic mass is 9.99. The molecule has 7 heteroatoms. The summed E-state index contributed by atoms with van der Waals surface area (Å²) >= 11 is 0. The van der Waals surface area contributed by atoms with Crippen LogP contribution in [0.5, 0.6) is 0 Å². The first-order chi connectivity index (χ1) is 11.8. The van der Waals surface area contributed by atoms with Crippen LogP contribution in [-0.2, 0) is 17.5 Å². The minimum absolute atomic E-state index is 0.151. The predicted octanol–water partition coefficient (Wildman–Crippen LogP) is 3.88. The van der Waals surface area contributed by atoms with Gasteiger partial charge in [0, 0.05) is 12.1 Å². The van der Waals surface area contributed by atoms with Gasteiger partial charge in [0.05, 0.1) is 18.0 Å². The second-order valence-electron chi connectivity index (χ2n) is 5.83. The van der Waals surface area contributed by atoms with E-state index < -0.39 is 30.2 Å². The number of hydrogen-bond donors (Lipinski definition) is 1. The van der Waals surface area contributed by atoms with Crippen LogP contribution < -0.4 is 0 Å². The highest BCUT2D eigenvalue weighted by Crippen LogP contribution is 2.36. The van der Waals surface area contributed by atoms with E-state index in [1.807, 2.05) is 0 Å². The number of rotatable bonds is 4. The number of halogens is 3. The van der Waals surface area contributed by atoms with Crippen LogP contribution >= 0.6 is 0 Å². The normalized spacial score (nSPS) is 15.2. The van der Waals surface area contributed by atoms with Crippen molar-refractivity contribution in [2.45, 2.75) is 25.2 Å². The molecule has 4 nitrogen and oxygen atoms in total. The molecule has 1 unspecified atom stereocenters. The number of amides is 1. The molecular formula is C18H14F3NO3. The molecule has 1 N–H and O–H groups in total. The smallest absolute Gasteiger partial charge is 0.416 e. The fourth-order valence-corrected chi connectivity index (χ4v) is 3.02. The number of aliphatic carboxylic acids is 1. The average Bonchev–Trinajstić information content (AvgIpc) is 2.89. The Labute approximate surface area is 141 Å². The number of nitrogens with zero attached hydrogens (tertiary/aromatic N) is 1. The summed E-state index contributed by atoms with van der Waals surface area (Å²) in [6.45, 7) is 0.170. The van der Waals surface area contributed by atoms with Gasteiger partial charge < -0.3 is 10.0 Å². The summed E-state index contributed by atoms with van der Waals surface area (Å²) in [6.07, 6.45) is -5.01. The van der Waals surface area contributed by atoms with E-state index in [-0.39, 0.29) is 18.0 Å². The Bertz CT molecular complexity index is 832. The number of carbonyl (C=O) groups excluding carboxylic acids is 1. The summed E-state index contributed by atoms with van der Waals surface area (Å²) < 4.78 is 38.9. The van der Waals surface area contributed by atoms with E-state index in [1.54, 1.807) is 24.3 Å². The summed E-state index contributed by atoms with van der Waals surface area (Å²) in [5, 5.41) is 9.18. The number of fused-ring (bicyclic) bond motifs is 1. The first-order valence-electron chi connectivity index (χ1n) is 7.55. The molecule has 1 aliphatic heterocycles. The van der Waals surface area contributed by atoms with Crippen molar-refractivity contribution in [3.05, 3.63) is 70.8 Å². The average molecular weight is 349 g/mol. The van der Waals surface area contributed by atoms with Crippen molar-refractivity contribution in [2.24, 2.45) is 0 Å². The van der Waals surface area contributed by atoms with Crippen molar-refractivity contribution < 1.29 is 27.9 Å². The molecule has 1 atom stereocenters. The largest absolute Gasteiger partial charge is 0.481 e. The molecule has 0 bridgehead atoms. The number of hydrogen-bond acceptors (Lipinski definition) is 2. The predicted molar refractivity (Wildman–Crippen MR) is 82.8 cm³/mol. The first-order valence-corrected chi connectivity index (χ1v) is 7.55. The highest BCUT2D eigenvalue weighted by molar-refractivity contribution is 5.98. The van der Waals surface area contributed by atoms with E-state index >= 15 is 0 Å². The molecule has 1 amide bonds. The third-order valence-corrected chi connectivity index (χ3v) is 4.19. The van der Waals surface area contributed by atoms with Gasteiger partial charge >= 0.3 is 12.1 Å². The summed E-state index contributed by atoms with van der Waals surface area (Å²) in [5.74, 6) is -1.56. The molecule has 2 aromatic carbocycles. The molecule has 3 rings (SSSR count). The standard InChI is InChI=1S/C18H14F3NO3/c19-18(20,21)13-6-3-5-11(8-13)15(9-16(23)24)22-10-12-4-1-2-7-14(12)17(22)25/h1-8,15H,9-10H2,(H,23,24). The van der Waals surface area contributed by atoms with Crippen molar-refractivity contribution in [3.8, 4) is 0 Å². The maximum absolute atomic E-state index is 13.0. The Kier molecular flexibility index (Phi) is 4.24. The van der Waals surface area contributed by atoms with E-state index in [4.69, 9.17) is 0 Å². The molecule has 0 saturated heterocycles. The third kappa shape index (κ3) is 3.35. The molecule has 0 fully saturated rings. The molecule has 1 aliphatic rings. The van der Waals surface area contributed by atoms with Crippen LogP contribution in [0.2, 0.25) is 0 Å². The summed E-state index contributed by atoms with van der Waals surface area (Å²) in [7, 11) is 0. The maximum atomic E-state index is 13.0. The molecule has 0 radical (unpaired) electrons. The number of benzene rings is 2. The van der Waals surface area contributed by atoms with Gasteiger partial charge in [0.25, 0.3) is 5.91 Å². The van der Waals surface area contributed by atoms with Gasteiger partial charge in [-0.2, -0.15) is 13.2 Å². The number of carboxylic acid groups (broad SMARTS) is 1. The number of carboxylic acids is 1. The lowest BCUT2D eigenvalue weighted by molar-refractivity contribution is -0.138. The molecular weight excluding hydrogens is 335 g/mol.